The van der Waals surface area contributed by atoms with Gasteiger partial charge in [0.05, 0.1) is 10.9 Å². The summed E-state index contributed by atoms with van der Waals surface area (Å²) in [6.45, 7) is 2.56. The van der Waals surface area contributed by atoms with Crippen LogP contribution in [0.4, 0.5) is 0 Å². The summed E-state index contributed by atoms with van der Waals surface area (Å²) in [5.41, 5.74) is 0.977. The number of nitrogens with one attached hydrogen (secondary N) is 2. The zero-order valence-electron chi connectivity index (χ0n) is 16.5. The second kappa shape index (κ2) is 7.53. The van der Waals surface area contributed by atoms with Gasteiger partial charge >= 0.3 is 5.69 Å². The van der Waals surface area contributed by atoms with Gasteiger partial charge in [0.1, 0.15) is 5.65 Å². The fourth-order valence-electron chi connectivity index (χ4n) is 4.14. The predicted octanol–water partition coefficient (Wildman–Crippen LogP) is 1.42. The molecule has 2 aliphatic rings. The highest BCUT2D eigenvalue weighted by atomic mass is 16.2. The van der Waals surface area contributed by atoms with Crippen molar-refractivity contribution in [1.29, 1.82) is 0 Å². The molecule has 2 N–H and O–H groups in total. The molecule has 3 heterocycles. The molecule has 1 atom stereocenters. The number of hydrogen-bond acceptors (Lipinski definition) is 5. The lowest BCUT2D eigenvalue weighted by molar-refractivity contribution is 0.0937. The number of nitrogens with zero attached hydrogens (tertiary/aromatic N) is 3. The minimum Gasteiger partial charge on any atom is -0.348 e. The number of likely N-dealkylation sites (tertiary alicyclic amines) is 1. The third-order valence-electron chi connectivity index (χ3n) is 5.81. The minimum absolute atomic E-state index is 0.0515. The molecule has 8 nitrogen and oxygen atoms in total. The molecule has 0 bridgehead atoms. The van der Waals surface area contributed by atoms with Crippen molar-refractivity contribution in [3.8, 4) is 0 Å². The van der Waals surface area contributed by atoms with Crippen LogP contribution in [0, 0.1) is 0 Å². The molecular weight excluding hydrogens is 382 g/mol. The molecule has 1 aliphatic heterocycles. The molecule has 0 unspecified atom stereocenters. The highest BCUT2D eigenvalue weighted by Crippen LogP contribution is 2.34. The van der Waals surface area contributed by atoms with Crippen LogP contribution in [-0.4, -0.2) is 44.5 Å². The molecule has 0 spiro atoms. The first kappa shape index (κ1) is 18.7. The number of aromatic nitrogens is 3. The number of carbonyl (C=O) groups excluding carboxylic acids is 1. The van der Waals surface area contributed by atoms with E-state index in [-0.39, 0.29) is 23.4 Å². The molecule has 1 saturated carbocycles. The van der Waals surface area contributed by atoms with Gasteiger partial charge < -0.3 is 5.32 Å². The second-order valence-corrected chi connectivity index (χ2v) is 8.14. The van der Waals surface area contributed by atoms with Gasteiger partial charge in [-0.3, -0.25) is 24.0 Å². The van der Waals surface area contributed by atoms with E-state index in [2.05, 4.69) is 32.3 Å². The number of aromatic amines is 1. The van der Waals surface area contributed by atoms with Gasteiger partial charge in [0.15, 0.2) is 0 Å². The van der Waals surface area contributed by atoms with E-state index in [0.29, 0.717) is 11.2 Å². The number of fused-ring (bicyclic) bond motifs is 1. The topological polar surface area (TPSA) is 100 Å². The summed E-state index contributed by atoms with van der Waals surface area (Å²) < 4.78 is 1.52. The van der Waals surface area contributed by atoms with Crippen LogP contribution in [0.1, 0.15) is 41.2 Å². The van der Waals surface area contributed by atoms with Crippen LogP contribution in [-0.2, 0) is 6.54 Å². The molecule has 1 aromatic carbocycles. The highest BCUT2D eigenvalue weighted by Gasteiger charge is 2.28. The smallest absolute Gasteiger partial charge is 0.330 e. The van der Waals surface area contributed by atoms with Crippen molar-refractivity contribution in [2.45, 2.75) is 37.9 Å². The highest BCUT2D eigenvalue weighted by molar-refractivity contribution is 5.96. The molecule has 8 heteroatoms. The first-order chi connectivity index (χ1) is 14.6. The fourth-order valence-corrected chi connectivity index (χ4v) is 4.14. The summed E-state index contributed by atoms with van der Waals surface area (Å²) >= 11 is 0. The molecule has 154 valence electrons. The SMILES string of the molecule is O=C(N[C@@H]1CCN(Cc2ccccc2)C1)c1cnc2c(c1)c(=O)[nH]c(=O)n2C1CC1. The zero-order valence-corrected chi connectivity index (χ0v) is 16.5. The van der Waals surface area contributed by atoms with E-state index in [1.165, 1.54) is 22.4 Å². The van der Waals surface area contributed by atoms with Crippen LogP contribution in [0.2, 0.25) is 0 Å². The van der Waals surface area contributed by atoms with Crippen LogP contribution >= 0.6 is 0 Å². The van der Waals surface area contributed by atoms with Crippen molar-refractivity contribution in [2.24, 2.45) is 0 Å². The molecular formula is C22H23N5O3. The maximum atomic E-state index is 12.8. The van der Waals surface area contributed by atoms with Crippen molar-refractivity contribution in [1.82, 2.24) is 24.8 Å². The maximum Gasteiger partial charge on any atom is 0.330 e. The lowest BCUT2D eigenvalue weighted by atomic mass is 10.2. The number of rotatable bonds is 5. The van der Waals surface area contributed by atoms with Crippen molar-refractivity contribution >= 4 is 16.9 Å². The van der Waals surface area contributed by atoms with Crippen LogP contribution in [0.15, 0.2) is 52.2 Å². The summed E-state index contributed by atoms with van der Waals surface area (Å²) in [7, 11) is 0. The van der Waals surface area contributed by atoms with Gasteiger partial charge in [-0.1, -0.05) is 30.3 Å². The number of carbonyl (C=O) groups is 1. The molecule has 2 aromatic heterocycles. The lowest BCUT2D eigenvalue weighted by Crippen LogP contribution is -2.37. The van der Waals surface area contributed by atoms with E-state index in [0.717, 1.165) is 38.9 Å². The largest absolute Gasteiger partial charge is 0.348 e. The van der Waals surface area contributed by atoms with Gasteiger partial charge in [0, 0.05) is 37.9 Å². The third-order valence-corrected chi connectivity index (χ3v) is 5.81. The molecule has 1 saturated heterocycles. The van der Waals surface area contributed by atoms with Gasteiger partial charge in [0.25, 0.3) is 11.5 Å². The molecule has 2 fully saturated rings. The van der Waals surface area contributed by atoms with E-state index in [4.69, 9.17) is 0 Å². The van der Waals surface area contributed by atoms with Crippen molar-refractivity contribution in [3.05, 3.63) is 74.6 Å². The Bertz CT molecular complexity index is 1210. The van der Waals surface area contributed by atoms with Gasteiger partial charge in [0.2, 0.25) is 0 Å². The number of benzene rings is 1. The van der Waals surface area contributed by atoms with Crippen LogP contribution < -0.4 is 16.6 Å². The quantitative estimate of drug-likeness (QED) is 0.669. The Morgan fingerprint density at radius 3 is 2.73 bits per heavy atom. The Morgan fingerprint density at radius 2 is 1.97 bits per heavy atom. The maximum absolute atomic E-state index is 12.8. The molecule has 3 aromatic rings. The summed E-state index contributed by atoms with van der Waals surface area (Å²) in [5.74, 6) is -0.250. The summed E-state index contributed by atoms with van der Waals surface area (Å²) in [5, 5.41) is 3.32. The Morgan fingerprint density at radius 1 is 1.17 bits per heavy atom. The number of amides is 1. The van der Waals surface area contributed by atoms with E-state index in [1.54, 1.807) is 0 Å². The molecule has 0 radical (unpaired) electrons. The van der Waals surface area contributed by atoms with E-state index < -0.39 is 11.2 Å². The van der Waals surface area contributed by atoms with Gasteiger partial charge in [-0.2, -0.15) is 0 Å². The van der Waals surface area contributed by atoms with Crippen molar-refractivity contribution in [3.63, 3.8) is 0 Å². The summed E-state index contributed by atoms with van der Waals surface area (Å²) in [6.07, 6.45) is 4.12. The Kier molecular flexibility index (Phi) is 4.71. The standard InChI is InChI=1S/C22H23N5O3/c28-20(24-16-8-9-26(13-16)12-14-4-2-1-3-5-14)15-10-18-19(23-11-15)27(17-6-7-17)22(30)25-21(18)29/h1-5,10-11,16-17H,6-9,12-13H2,(H,24,28)(H,25,29,30)/t16-/m1/s1. The fraction of sp³-hybridized carbons (Fsp3) is 0.364. The summed E-state index contributed by atoms with van der Waals surface area (Å²) in [6, 6.07) is 11.9. The molecule has 1 amide bonds. The molecule has 5 rings (SSSR count). The molecule has 30 heavy (non-hydrogen) atoms. The predicted molar refractivity (Wildman–Crippen MR) is 112 cm³/mol. The average molecular weight is 405 g/mol. The lowest BCUT2D eigenvalue weighted by Gasteiger charge is -2.17. The van der Waals surface area contributed by atoms with Gasteiger partial charge in [-0.05, 0) is 30.9 Å². The minimum atomic E-state index is -0.510. The number of hydrogen-bond donors (Lipinski definition) is 2. The van der Waals surface area contributed by atoms with E-state index in [1.807, 2.05) is 18.2 Å². The number of pyridine rings is 1. The Hall–Kier alpha value is -3.26. The Labute approximate surface area is 172 Å². The average Bonchev–Trinajstić information content (AvgIpc) is 3.48. The second-order valence-electron chi connectivity index (χ2n) is 8.14. The van der Waals surface area contributed by atoms with Crippen molar-refractivity contribution < 1.29 is 4.79 Å². The zero-order chi connectivity index (χ0) is 20.7. The van der Waals surface area contributed by atoms with Crippen LogP contribution in [0.5, 0.6) is 0 Å². The Balaban J connectivity index is 1.31. The van der Waals surface area contributed by atoms with Gasteiger partial charge in [-0.25, -0.2) is 9.78 Å². The normalized spacial score (nSPS) is 19.3. The molecule has 1 aliphatic carbocycles. The van der Waals surface area contributed by atoms with E-state index in [9.17, 15) is 14.4 Å². The van der Waals surface area contributed by atoms with E-state index >= 15 is 0 Å². The van der Waals surface area contributed by atoms with Crippen LogP contribution in [0.3, 0.4) is 0 Å². The van der Waals surface area contributed by atoms with Crippen molar-refractivity contribution in [2.75, 3.05) is 13.1 Å². The monoisotopic (exact) mass is 405 g/mol. The third kappa shape index (κ3) is 3.66. The van der Waals surface area contributed by atoms with Gasteiger partial charge in [-0.15, -0.1) is 0 Å². The first-order valence-electron chi connectivity index (χ1n) is 10.3. The number of H-pyrrole nitrogens is 1. The first-order valence-corrected chi connectivity index (χ1v) is 10.3. The van der Waals surface area contributed by atoms with Crippen LogP contribution in [0.25, 0.3) is 11.0 Å². The summed E-state index contributed by atoms with van der Waals surface area (Å²) in [4.78, 5) is 46.1.